The van der Waals surface area contributed by atoms with Crippen LogP contribution in [-0.2, 0) is 0 Å². The largest absolute Gasteiger partial charge is 0.383 e. The molecule has 0 aliphatic heterocycles. The fraction of sp³-hybridized carbons (Fsp3) is 0.611. The predicted octanol–water partition coefficient (Wildman–Crippen LogP) is 3.60. The number of nitrogens with zero attached hydrogens (tertiary/aromatic N) is 3. The number of aromatic nitrogens is 3. The van der Waals surface area contributed by atoms with Gasteiger partial charge in [0, 0.05) is 11.7 Å². The lowest BCUT2D eigenvalue weighted by Crippen LogP contribution is -2.23. The van der Waals surface area contributed by atoms with Crippen molar-refractivity contribution in [1.82, 2.24) is 15.0 Å². The summed E-state index contributed by atoms with van der Waals surface area (Å²) < 4.78 is 0. The van der Waals surface area contributed by atoms with E-state index in [9.17, 15) is 0 Å². The van der Waals surface area contributed by atoms with Crippen molar-refractivity contribution in [3.05, 3.63) is 17.3 Å². The Hall–Kier alpha value is -1.91. The van der Waals surface area contributed by atoms with Gasteiger partial charge in [-0.1, -0.05) is 25.7 Å². The predicted molar refractivity (Wildman–Crippen MR) is 93.3 cm³/mol. The number of rotatable bonds is 2. The molecule has 0 amide bonds. The second-order valence-corrected chi connectivity index (χ2v) is 7.41. The monoisotopic (exact) mass is 311 g/mol. The quantitative estimate of drug-likeness (QED) is 0.886. The number of nitrogens with two attached hydrogens (primary N) is 1. The molecule has 3 fully saturated rings. The molecule has 5 rings (SSSR count). The van der Waals surface area contributed by atoms with Crippen LogP contribution in [0.1, 0.15) is 49.8 Å². The molecular weight excluding hydrogens is 286 g/mol. The van der Waals surface area contributed by atoms with E-state index < -0.39 is 0 Å². The van der Waals surface area contributed by atoms with Gasteiger partial charge in [-0.05, 0) is 50.2 Å². The third kappa shape index (κ3) is 2.84. The molecule has 2 aromatic rings. The van der Waals surface area contributed by atoms with Gasteiger partial charge in [0.2, 0.25) is 5.95 Å². The Morgan fingerprint density at radius 2 is 1.65 bits per heavy atom. The van der Waals surface area contributed by atoms with Crippen molar-refractivity contribution >= 4 is 22.8 Å². The van der Waals surface area contributed by atoms with E-state index in [1.165, 1.54) is 38.5 Å². The Balaban J connectivity index is 1.64. The van der Waals surface area contributed by atoms with Crippen LogP contribution < -0.4 is 11.1 Å². The zero-order valence-corrected chi connectivity index (χ0v) is 14.0. The van der Waals surface area contributed by atoms with Crippen molar-refractivity contribution in [3.8, 4) is 0 Å². The number of nitrogens with one attached hydrogen (secondary N) is 1. The van der Waals surface area contributed by atoms with Gasteiger partial charge in [-0.15, -0.1) is 0 Å². The van der Waals surface area contributed by atoms with Crippen LogP contribution in [-0.4, -0.2) is 21.0 Å². The molecule has 2 aromatic heterocycles. The molecule has 0 unspecified atom stereocenters. The van der Waals surface area contributed by atoms with Gasteiger partial charge in [0.25, 0.3) is 0 Å². The molecule has 2 heterocycles. The van der Waals surface area contributed by atoms with E-state index >= 15 is 0 Å². The molecule has 3 aliphatic rings. The van der Waals surface area contributed by atoms with Crippen LogP contribution in [0, 0.1) is 25.7 Å². The third-order valence-electron chi connectivity index (χ3n) is 5.56. The molecule has 0 saturated heterocycles. The molecule has 0 spiro atoms. The summed E-state index contributed by atoms with van der Waals surface area (Å²) in [5.74, 6) is 2.90. The van der Waals surface area contributed by atoms with E-state index in [1.54, 1.807) is 0 Å². The summed E-state index contributed by atoms with van der Waals surface area (Å²) in [4.78, 5) is 13.7. The average molecular weight is 311 g/mol. The van der Waals surface area contributed by atoms with E-state index in [-0.39, 0.29) is 0 Å². The van der Waals surface area contributed by atoms with Gasteiger partial charge in [-0.25, -0.2) is 4.98 Å². The zero-order valence-electron chi connectivity index (χ0n) is 14.0. The highest BCUT2D eigenvalue weighted by Crippen LogP contribution is 2.39. The van der Waals surface area contributed by atoms with Crippen molar-refractivity contribution in [1.29, 1.82) is 0 Å². The fourth-order valence-corrected chi connectivity index (χ4v) is 4.48. The normalized spacial score (nSPS) is 27.1. The van der Waals surface area contributed by atoms with Gasteiger partial charge in [-0.2, -0.15) is 9.97 Å². The van der Waals surface area contributed by atoms with Gasteiger partial charge in [-0.3, -0.25) is 0 Å². The van der Waals surface area contributed by atoms with Gasteiger partial charge in [0.05, 0.1) is 5.39 Å². The van der Waals surface area contributed by atoms with Gasteiger partial charge in [0.1, 0.15) is 5.82 Å². The molecule has 3 aliphatic carbocycles. The summed E-state index contributed by atoms with van der Waals surface area (Å²) in [5, 5.41) is 4.43. The molecule has 3 N–H and O–H groups in total. The summed E-state index contributed by atoms with van der Waals surface area (Å²) in [6.07, 6.45) is 8.04. The molecule has 23 heavy (non-hydrogen) atoms. The van der Waals surface area contributed by atoms with Crippen molar-refractivity contribution < 1.29 is 0 Å². The maximum Gasteiger partial charge on any atom is 0.226 e. The molecule has 5 heteroatoms. The molecule has 0 aromatic carbocycles. The molecule has 0 atom stereocenters. The highest BCUT2D eigenvalue weighted by atomic mass is 15.1. The molecule has 0 radical (unpaired) electrons. The zero-order chi connectivity index (χ0) is 16.0. The molecule has 3 saturated carbocycles. The van der Waals surface area contributed by atoms with Crippen molar-refractivity contribution in [3.63, 3.8) is 0 Å². The number of fused-ring (bicyclic) bond motifs is 5. The summed E-state index contributed by atoms with van der Waals surface area (Å²) in [7, 11) is 0. The first-order valence-electron chi connectivity index (χ1n) is 8.76. The Bertz CT molecular complexity index is 720. The van der Waals surface area contributed by atoms with E-state index in [1.807, 2.05) is 19.9 Å². The van der Waals surface area contributed by atoms with Crippen LogP contribution in [0.15, 0.2) is 6.07 Å². The van der Waals surface area contributed by atoms with E-state index in [2.05, 4.69) is 20.3 Å². The summed E-state index contributed by atoms with van der Waals surface area (Å²) in [5.41, 5.74) is 8.93. The number of hydrogen-bond acceptors (Lipinski definition) is 5. The second-order valence-electron chi connectivity index (χ2n) is 7.41. The van der Waals surface area contributed by atoms with Crippen LogP contribution in [0.25, 0.3) is 11.0 Å². The smallest absolute Gasteiger partial charge is 0.226 e. The van der Waals surface area contributed by atoms with Gasteiger partial charge >= 0.3 is 0 Å². The van der Waals surface area contributed by atoms with E-state index in [4.69, 9.17) is 5.73 Å². The highest BCUT2D eigenvalue weighted by Gasteiger charge is 2.31. The minimum atomic E-state index is 0.470. The third-order valence-corrected chi connectivity index (χ3v) is 5.56. The number of anilines is 2. The van der Waals surface area contributed by atoms with Crippen LogP contribution in [0.3, 0.4) is 0 Å². The van der Waals surface area contributed by atoms with Crippen molar-refractivity contribution in [2.24, 2.45) is 11.8 Å². The fourth-order valence-electron chi connectivity index (χ4n) is 4.48. The lowest BCUT2D eigenvalue weighted by molar-refractivity contribution is 0.308. The summed E-state index contributed by atoms with van der Waals surface area (Å²) in [6.45, 7) is 4.02. The van der Waals surface area contributed by atoms with Crippen molar-refractivity contribution in [2.75, 3.05) is 11.1 Å². The highest BCUT2D eigenvalue weighted by molar-refractivity contribution is 5.89. The average Bonchev–Trinajstić information content (AvgIpc) is 2.78. The number of nitrogen functional groups attached to an aromatic ring is 1. The first-order valence-corrected chi connectivity index (χ1v) is 8.76. The first kappa shape index (κ1) is 14.7. The van der Waals surface area contributed by atoms with Crippen molar-refractivity contribution in [2.45, 2.75) is 58.4 Å². The standard InChI is InChI=1S/C18H25N5/c1-10-7-11(2)20-17-15(10)16(19)22-18(23-17)21-14-8-12-3-4-13(9-14)6-5-12/h7,12-14H,3-6,8-9H2,1-2H3,(H3,19,20,21,22,23). The Labute approximate surface area is 137 Å². The lowest BCUT2D eigenvalue weighted by atomic mass is 9.84. The van der Waals surface area contributed by atoms with Crippen LogP contribution >= 0.6 is 0 Å². The van der Waals surface area contributed by atoms with Gasteiger partial charge in [0.15, 0.2) is 5.65 Å². The van der Waals surface area contributed by atoms with Crippen LogP contribution in [0.5, 0.6) is 0 Å². The molecule has 122 valence electrons. The molecular formula is C18H25N5. The first-order chi connectivity index (χ1) is 11.1. The Morgan fingerprint density at radius 1 is 1.00 bits per heavy atom. The maximum atomic E-state index is 6.18. The minimum Gasteiger partial charge on any atom is -0.383 e. The van der Waals surface area contributed by atoms with Gasteiger partial charge < -0.3 is 11.1 Å². The summed E-state index contributed by atoms with van der Waals surface area (Å²) >= 11 is 0. The number of pyridine rings is 1. The van der Waals surface area contributed by atoms with Crippen LogP contribution in [0.4, 0.5) is 11.8 Å². The summed E-state index contributed by atoms with van der Waals surface area (Å²) in [6, 6.07) is 2.50. The number of hydrogen-bond donors (Lipinski definition) is 2. The topological polar surface area (TPSA) is 76.7 Å². The molecule has 2 bridgehead atoms. The van der Waals surface area contributed by atoms with Crippen LogP contribution in [0.2, 0.25) is 0 Å². The SMILES string of the molecule is Cc1cc(C)c2c(N)nc(NC3CC4CCC(CC4)C3)nc2n1. The minimum absolute atomic E-state index is 0.470. The van der Waals surface area contributed by atoms with E-state index in [0.29, 0.717) is 23.5 Å². The van der Waals surface area contributed by atoms with E-state index in [0.717, 1.165) is 28.5 Å². The number of aryl methyl sites for hydroxylation is 2. The maximum absolute atomic E-state index is 6.18. The second kappa shape index (κ2) is 5.62. The Morgan fingerprint density at radius 3 is 2.30 bits per heavy atom. The Kier molecular flexibility index (Phi) is 3.58. The lowest BCUT2D eigenvalue weighted by Gasteiger charge is -2.21. The molecule has 5 nitrogen and oxygen atoms in total.